The highest BCUT2D eigenvalue weighted by Crippen LogP contribution is 2.42. The first-order valence-corrected chi connectivity index (χ1v) is 9.19. The molecule has 4 nitrogen and oxygen atoms in total. The molecule has 3 rings (SSSR count). The zero-order valence-corrected chi connectivity index (χ0v) is 14.5. The summed E-state index contributed by atoms with van der Waals surface area (Å²) < 4.78 is 0. The zero-order valence-electron chi connectivity index (χ0n) is 13.8. The van der Waals surface area contributed by atoms with E-state index in [1.165, 1.54) is 0 Å². The fourth-order valence-corrected chi connectivity index (χ4v) is 4.33. The largest absolute Gasteiger partial charge is 0.481 e. The van der Waals surface area contributed by atoms with Gasteiger partial charge >= 0.3 is 5.97 Å². The van der Waals surface area contributed by atoms with Gasteiger partial charge in [0.25, 0.3) is 0 Å². The smallest absolute Gasteiger partial charge is 0.306 e. The van der Waals surface area contributed by atoms with Gasteiger partial charge in [-0.15, -0.1) is 0 Å². The number of nitrogens with one attached hydrogen (secondary N) is 1. The molecule has 1 aromatic carbocycles. The van der Waals surface area contributed by atoms with Crippen molar-refractivity contribution >= 4 is 23.5 Å². The van der Waals surface area contributed by atoms with Crippen molar-refractivity contribution in [3.8, 4) is 0 Å². The van der Waals surface area contributed by atoms with Gasteiger partial charge in [0.05, 0.1) is 11.3 Å². The minimum absolute atomic E-state index is 0.0953. The number of carboxylic acid groups (broad SMARTS) is 1. The molecule has 0 unspecified atom stereocenters. The van der Waals surface area contributed by atoms with Gasteiger partial charge in [0.1, 0.15) is 0 Å². The van der Waals surface area contributed by atoms with Crippen LogP contribution in [0.25, 0.3) is 0 Å². The Bertz CT molecular complexity index is 600. The Morgan fingerprint density at radius 2 is 1.62 bits per heavy atom. The predicted molar refractivity (Wildman–Crippen MR) is 93.1 cm³/mol. The average molecular weight is 350 g/mol. The molecule has 0 spiro atoms. The number of rotatable bonds is 4. The SMILES string of the molecule is O=C(O)C1CCC(NC(=O)C2(c3ccc(Cl)cc3)CCCC2)CC1. The Kier molecular flexibility index (Phi) is 5.14. The minimum Gasteiger partial charge on any atom is -0.481 e. The summed E-state index contributed by atoms with van der Waals surface area (Å²) in [6.07, 6.45) is 6.64. The normalized spacial score (nSPS) is 26.0. The van der Waals surface area contributed by atoms with Crippen LogP contribution in [0.1, 0.15) is 56.9 Å². The highest BCUT2D eigenvalue weighted by atomic mass is 35.5. The van der Waals surface area contributed by atoms with Crippen LogP contribution in [0, 0.1) is 5.92 Å². The number of carboxylic acids is 1. The van der Waals surface area contributed by atoms with Gasteiger partial charge in [-0.3, -0.25) is 9.59 Å². The van der Waals surface area contributed by atoms with Gasteiger partial charge in [-0.05, 0) is 56.2 Å². The lowest BCUT2D eigenvalue weighted by Gasteiger charge is -2.33. The Morgan fingerprint density at radius 1 is 1.04 bits per heavy atom. The molecular formula is C19H24ClNO3. The van der Waals surface area contributed by atoms with E-state index in [0.29, 0.717) is 17.9 Å². The summed E-state index contributed by atoms with van der Waals surface area (Å²) in [6.45, 7) is 0. The van der Waals surface area contributed by atoms with Crippen molar-refractivity contribution < 1.29 is 14.7 Å². The van der Waals surface area contributed by atoms with Gasteiger partial charge in [-0.25, -0.2) is 0 Å². The van der Waals surface area contributed by atoms with Gasteiger partial charge in [0, 0.05) is 11.1 Å². The fraction of sp³-hybridized carbons (Fsp3) is 0.579. The molecule has 2 fully saturated rings. The third-order valence-corrected chi connectivity index (χ3v) is 5.95. The van der Waals surface area contributed by atoms with Crippen molar-refractivity contribution in [2.45, 2.75) is 62.8 Å². The fourth-order valence-electron chi connectivity index (χ4n) is 4.20. The van der Waals surface area contributed by atoms with E-state index in [9.17, 15) is 9.59 Å². The van der Waals surface area contributed by atoms with Crippen LogP contribution < -0.4 is 5.32 Å². The van der Waals surface area contributed by atoms with E-state index in [4.69, 9.17) is 16.7 Å². The molecule has 0 saturated heterocycles. The van der Waals surface area contributed by atoms with Crippen LogP contribution in [0.15, 0.2) is 24.3 Å². The second-order valence-electron chi connectivity index (χ2n) is 7.16. The molecule has 1 aromatic rings. The van der Waals surface area contributed by atoms with Crippen LogP contribution in [0.3, 0.4) is 0 Å². The molecule has 2 aliphatic rings. The summed E-state index contributed by atoms with van der Waals surface area (Å²) >= 11 is 5.99. The summed E-state index contributed by atoms with van der Waals surface area (Å²) in [4.78, 5) is 24.1. The van der Waals surface area contributed by atoms with Crippen LogP contribution in [0.2, 0.25) is 5.02 Å². The molecule has 0 heterocycles. The van der Waals surface area contributed by atoms with E-state index in [1.807, 2.05) is 24.3 Å². The summed E-state index contributed by atoms with van der Waals surface area (Å²) in [5.74, 6) is -0.871. The maximum absolute atomic E-state index is 13.1. The van der Waals surface area contributed by atoms with E-state index in [1.54, 1.807) is 0 Å². The lowest BCUT2D eigenvalue weighted by Crippen LogP contribution is -2.48. The third-order valence-electron chi connectivity index (χ3n) is 5.70. The summed E-state index contributed by atoms with van der Waals surface area (Å²) in [5, 5.41) is 13.0. The number of carbonyl (C=O) groups is 2. The van der Waals surface area contributed by atoms with Crippen molar-refractivity contribution in [3.05, 3.63) is 34.9 Å². The van der Waals surface area contributed by atoms with Crippen LogP contribution in [0.4, 0.5) is 0 Å². The lowest BCUT2D eigenvalue weighted by molar-refractivity contribution is -0.142. The molecule has 2 aliphatic carbocycles. The Hall–Kier alpha value is -1.55. The van der Waals surface area contributed by atoms with E-state index in [2.05, 4.69) is 5.32 Å². The van der Waals surface area contributed by atoms with Gasteiger partial charge < -0.3 is 10.4 Å². The maximum atomic E-state index is 13.1. The lowest BCUT2D eigenvalue weighted by atomic mass is 9.77. The molecule has 0 radical (unpaired) electrons. The first-order chi connectivity index (χ1) is 11.5. The maximum Gasteiger partial charge on any atom is 0.306 e. The second kappa shape index (κ2) is 7.14. The second-order valence-corrected chi connectivity index (χ2v) is 7.59. The van der Waals surface area contributed by atoms with Crippen molar-refractivity contribution in [3.63, 3.8) is 0 Å². The zero-order chi connectivity index (χ0) is 17.2. The first-order valence-electron chi connectivity index (χ1n) is 8.81. The molecule has 2 N–H and O–H groups in total. The molecule has 0 atom stereocenters. The average Bonchev–Trinajstić information content (AvgIpc) is 3.07. The molecule has 0 aromatic heterocycles. The Morgan fingerprint density at radius 3 is 2.17 bits per heavy atom. The minimum atomic E-state index is -0.715. The monoisotopic (exact) mass is 349 g/mol. The van der Waals surface area contributed by atoms with Crippen molar-refractivity contribution in [1.29, 1.82) is 0 Å². The van der Waals surface area contributed by atoms with Gasteiger partial charge in [-0.2, -0.15) is 0 Å². The van der Waals surface area contributed by atoms with Crippen LogP contribution in [0.5, 0.6) is 0 Å². The molecule has 2 saturated carbocycles. The van der Waals surface area contributed by atoms with Gasteiger partial charge in [0.15, 0.2) is 0 Å². The quantitative estimate of drug-likeness (QED) is 0.866. The Labute approximate surface area is 147 Å². The van der Waals surface area contributed by atoms with Crippen molar-refractivity contribution in [2.24, 2.45) is 5.92 Å². The van der Waals surface area contributed by atoms with Crippen LogP contribution >= 0.6 is 11.6 Å². The van der Waals surface area contributed by atoms with Crippen molar-refractivity contribution in [1.82, 2.24) is 5.32 Å². The topological polar surface area (TPSA) is 66.4 Å². The number of benzene rings is 1. The summed E-state index contributed by atoms with van der Waals surface area (Å²) in [7, 11) is 0. The molecule has 5 heteroatoms. The standard InChI is InChI=1S/C19H24ClNO3/c20-15-7-5-14(6-8-15)19(11-1-2-12-19)18(24)21-16-9-3-13(4-10-16)17(22)23/h5-8,13,16H,1-4,9-12H2,(H,21,24)(H,22,23). The van der Waals surface area contributed by atoms with E-state index in [0.717, 1.165) is 44.1 Å². The highest BCUT2D eigenvalue weighted by molar-refractivity contribution is 6.30. The molecule has 130 valence electrons. The first kappa shape index (κ1) is 17.3. The molecule has 24 heavy (non-hydrogen) atoms. The molecular weight excluding hydrogens is 326 g/mol. The number of aliphatic carboxylic acids is 1. The molecule has 0 aliphatic heterocycles. The number of halogens is 1. The van der Waals surface area contributed by atoms with E-state index in [-0.39, 0.29) is 17.9 Å². The third kappa shape index (κ3) is 3.44. The number of carbonyl (C=O) groups excluding carboxylic acids is 1. The number of amides is 1. The Balaban J connectivity index is 1.70. The molecule has 1 amide bonds. The molecule has 0 bridgehead atoms. The van der Waals surface area contributed by atoms with E-state index < -0.39 is 11.4 Å². The van der Waals surface area contributed by atoms with Crippen LogP contribution in [-0.2, 0) is 15.0 Å². The number of hydrogen-bond donors (Lipinski definition) is 2. The van der Waals surface area contributed by atoms with Gasteiger partial charge in [0.2, 0.25) is 5.91 Å². The van der Waals surface area contributed by atoms with Crippen molar-refractivity contribution in [2.75, 3.05) is 0 Å². The predicted octanol–water partition coefficient (Wildman–Crippen LogP) is 3.91. The highest BCUT2D eigenvalue weighted by Gasteiger charge is 2.43. The summed E-state index contributed by atoms with van der Waals surface area (Å²) in [5.41, 5.74) is 0.593. The van der Waals surface area contributed by atoms with Crippen LogP contribution in [-0.4, -0.2) is 23.0 Å². The van der Waals surface area contributed by atoms with Gasteiger partial charge in [-0.1, -0.05) is 36.6 Å². The van der Waals surface area contributed by atoms with E-state index >= 15 is 0 Å². The summed E-state index contributed by atoms with van der Waals surface area (Å²) in [6, 6.07) is 7.73. The number of hydrogen-bond acceptors (Lipinski definition) is 2.